The summed E-state index contributed by atoms with van der Waals surface area (Å²) in [5.41, 5.74) is 1.37. The van der Waals surface area contributed by atoms with Gasteiger partial charge in [-0.1, -0.05) is 30.3 Å². The molecule has 24 heavy (non-hydrogen) atoms. The zero-order valence-electron chi connectivity index (χ0n) is 13.7. The summed E-state index contributed by atoms with van der Waals surface area (Å²) in [5.74, 6) is -1.00. The van der Waals surface area contributed by atoms with E-state index in [4.69, 9.17) is 9.47 Å². The molecule has 1 aliphatic carbocycles. The number of rotatable bonds is 6. The number of imidazole rings is 1. The number of nitrogens with zero attached hydrogens (tertiary/aromatic N) is 2. The van der Waals surface area contributed by atoms with E-state index >= 15 is 0 Å². The van der Waals surface area contributed by atoms with Crippen LogP contribution in [0.2, 0.25) is 0 Å². The number of methoxy groups -OCH3 is 1. The minimum absolute atomic E-state index is 0.0596. The highest BCUT2D eigenvalue weighted by Gasteiger charge is 2.40. The minimum atomic E-state index is -0.835. The molecule has 1 aliphatic rings. The van der Waals surface area contributed by atoms with Gasteiger partial charge >= 0.3 is 11.9 Å². The quantitative estimate of drug-likeness (QED) is 0.762. The second-order valence-corrected chi connectivity index (χ2v) is 5.96. The summed E-state index contributed by atoms with van der Waals surface area (Å²) in [7, 11) is 1.30. The van der Waals surface area contributed by atoms with Gasteiger partial charge in [-0.15, -0.1) is 0 Å². The monoisotopic (exact) mass is 328 g/mol. The van der Waals surface area contributed by atoms with Gasteiger partial charge in [0.15, 0.2) is 0 Å². The molecule has 0 amide bonds. The van der Waals surface area contributed by atoms with Gasteiger partial charge in [-0.3, -0.25) is 0 Å². The highest BCUT2D eigenvalue weighted by molar-refractivity contribution is 5.90. The number of hydrogen-bond acceptors (Lipinski definition) is 5. The molecule has 1 aromatic carbocycles. The fourth-order valence-corrected chi connectivity index (χ4v) is 2.69. The lowest BCUT2D eigenvalue weighted by Crippen LogP contribution is -2.31. The van der Waals surface area contributed by atoms with E-state index in [9.17, 15) is 9.59 Å². The molecule has 126 valence electrons. The number of ether oxygens (including phenoxy) is 2. The van der Waals surface area contributed by atoms with Crippen molar-refractivity contribution in [2.24, 2.45) is 5.92 Å². The van der Waals surface area contributed by atoms with E-state index in [2.05, 4.69) is 4.98 Å². The van der Waals surface area contributed by atoms with Crippen molar-refractivity contribution < 1.29 is 19.1 Å². The molecule has 0 radical (unpaired) electrons. The molecule has 0 saturated heterocycles. The van der Waals surface area contributed by atoms with Crippen molar-refractivity contribution in [2.45, 2.75) is 31.9 Å². The zero-order valence-corrected chi connectivity index (χ0v) is 13.7. The van der Waals surface area contributed by atoms with E-state index < -0.39 is 18.0 Å². The van der Waals surface area contributed by atoms with Gasteiger partial charge in [0.2, 0.25) is 6.10 Å². The summed E-state index contributed by atoms with van der Waals surface area (Å²) in [6.07, 6.45) is 3.96. The lowest BCUT2D eigenvalue weighted by molar-refractivity contribution is -0.152. The SMILES string of the molecule is COC(=O)C(OC(=O)c1cncn1[C@H](C)c1ccccc1)C1CC1. The van der Waals surface area contributed by atoms with Crippen LogP contribution in [0.15, 0.2) is 42.9 Å². The zero-order chi connectivity index (χ0) is 17.1. The van der Waals surface area contributed by atoms with Gasteiger partial charge < -0.3 is 14.0 Å². The highest BCUT2D eigenvalue weighted by Crippen LogP contribution is 2.35. The van der Waals surface area contributed by atoms with Crippen LogP contribution in [0.1, 0.15) is 41.9 Å². The Bertz CT molecular complexity index is 722. The fourth-order valence-electron chi connectivity index (χ4n) is 2.69. The standard InChI is InChI=1S/C18H20N2O4/c1-12(13-6-4-3-5-7-13)20-11-19-10-15(20)17(21)24-16(14-8-9-14)18(22)23-2/h3-7,10-12,14,16H,8-9H2,1-2H3/t12-,16?/m1/s1. The highest BCUT2D eigenvalue weighted by atomic mass is 16.6. The van der Waals surface area contributed by atoms with Crippen molar-refractivity contribution in [3.8, 4) is 0 Å². The van der Waals surface area contributed by atoms with Crippen molar-refractivity contribution in [3.05, 3.63) is 54.1 Å². The molecule has 1 aromatic heterocycles. The summed E-state index contributed by atoms with van der Waals surface area (Å²) in [5, 5.41) is 0. The molecule has 0 spiro atoms. The van der Waals surface area contributed by atoms with Gasteiger partial charge in [-0.2, -0.15) is 0 Å². The van der Waals surface area contributed by atoms with Gasteiger partial charge in [0.25, 0.3) is 0 Å². The first-order valence-corrected chi connectivity index (χ1v) is 7.97. The molecule has 0 aliphatic heterocycles. The number of carbonyl (C=O) groups excluding carboxylic acids is 2. The van der Waals surface area contributed by atoms with Gasteiger partial charge in [-0.25, -0.2) is 14.6 Å². The normalized spacial score (nSPS) is 16.2. The van der Waals surface area contributed by atoms with E-state index in [0.29, 0.717) is 5.69 Å². The topological polar surface area (TPSA) is 70.4 Å². The molecule has 2 aromatic rings. The van der Waals surface area contributed by atoms with E-state index in [0.717, 1.165) is 18.4 Å². The van der Waals surface area contributed by atoms with Crippen LogP contribution in [0.5, 0.6) is 0 Å². The molecule has 6 heteroatoms. The van der Waals surface area contributed by atoms with Crippen LogP contribution in [0.4, 0.5) is 0 Å². The first-order valence-electron chi connectivity index (χ1n) is 7.97. The van der Waals surface area contributed by atoms with Crippen molar-refractivity contribution in [1.82, 2.24) is 9.55 Å². The van der Waals surface area contributed by atoms with Crippen molar-refractivity contribution >= 4 is 11.9 Å². The maximum absolute atomic E-state index is 12.5. The number of hydrogen-bond donors (Lipinski definition) is 0. The minimum Gasteiger partial charge on any atom is -0.466 e. The molecule has 0 N–H and O–H groups in total. The van der Waals surface area contributed by atoms with Crippen LogP contribution < -0.4 is 0 Å². The first kappa shape index (κ1) is 16.2. The van der Waals surface area contributed by atoms with E-state index in [-0.39, 0.29) is 12.0 Å². The van der Waals surface area contributed by atoms with E-state index in [1.54, 1.807) is 10.9 Å². The Kier molecular flexibility index (Phi) is 4.64. The van der Waals surface area contributed by atoms with Crippen LogP contribution in [0.25, 0.3) is 0 Å². The van der Waals surface area contributed by atoms with Gasteiger partial charge in [0, 0.05) is 5.92 Å². The number of aromatic nitrogens is 2. The Balaban J connectivity index is 1.79. The molecular weight excluding hydrogens is 308 g/mol. The average Bonchev–Trinajstić information content (AvgIpc) is 3.34. The summed E-state index contributed by atoms with van der Waals surface area (Å²) in [4.78, 5) is 28.4. The number of esters is 2. The summed E-state index contributed by atoms with van der Waals surface area (Å²) < 4.78 is 11.9. The van der Waals surface area contributed by atoms with Gasteiger partial charge in [0.1, 0.15) is 5.69 Å². The second kappa shape index (κ2) is 6.86. The molecular formula is C18H20N2O4. The van der Waals surface area contributed by atoms with Crippen LogP contribution in [0, 0.1) is 5.92 Å². The van der Waals surface area contributed by atoms with E-state index in [1.807, 2.05) is 37.3 Å². The smallest absolute Gasteiger partial charge is 0.357 e. The lowest BCUT2D eigenvalue weighted by atomic mass is 10.1. The Morgan fingerprint density at radius 3 is 2.58 bits per heavy atom. The largest absolute Gasteiger partial charge is 0.466 e. The summed E-state index contributed by atoms with van der Waals surface area (Å²) >= 11 is 0. The molecule has 1 heterocycles. The van der Waals surface area contributed by atoms with Crippen molar-refractivity contribution in [1.29, 1.82) is 0 Å². The fraction of sp³-hybridized carbons (Fsp3) is 0.389. The first-order chi connectivity index (χ1) is 11.6. The maximum Gasteiger partial charge on any atom is 0.357 e. The second-order valence-electron chi connectivity index (χ2n) is 5.96. The summed E-state index contributed by atoms with van der Waals surface area (Å²) in [6.45, 7) is 1.98. The van der Waals surface area contributed by atoms with Crippen LogP contribution in [-0.2, 0) is 14.3 Å². The number of benzene rings is 1. The molecule has 3 rings (SSSR count). The van der Waals surface area contributed by atoms with Crippen LogP contribution in [0.3, 0.4) is 0 Å². The average molecular weight is 328 g/mol. The third-order valence-corrected chi connectivity index (χ3v) is 4.29. The molecule has 6 nitrogen and oxygen atoms in total. The molecule has 0 bridgehead atoms. The number of carbonyl (C=O) groups is 2. The lowest BCUT2D eigenvalue weighted by Gasteiger charge is -2.18. The predicted molar refractivity (Wildman–Crippen MR) is 86.4 cm³/mol. The molecule has 1 unspecified atom stereocenters. The Hall–Kier alpha value is -2.63. The van der Waals surface area contributed by atoms with Crippen molar-refractivity contribution in [2.75, 3.05) is 7.11 Å². The predicted octanol–water partition coefficient (Wildman–Crippen LogP) is 2.60. The van der Waals surface area contributed by atoms with Crippen LogP contribution in [-0.4, -0.2) is 34.7 Å². The Labute approximate surface area is 140 Å². The third kappa shape index (κ3) is 3.32. The maximum atomic E-state index is 12.5. The molecule has 1 fully saturated rings. The molecule has 2 atom stereocenters. The van der Waals surface area contributed by atoms with Gasteiger partial charge in [0.05, 0.1) is 25.7 Å². The molecule has 1 saturated carbocycles. The van der Waals surface area contributed by atoms with Crippen molar-refractivity contribution in [3.63, 3.8) is 0 Å². The third-order valence-electron chi connectivity index (χ3n) is 4.29. The summed E-state index contributed by atoms with van der Waals surface area (Å²) in [6, 6.07) is 9.73. The van der Waals surface area contributed by atoms with Crippen LogP contribution >= 0.6 is 0 Å². The Morgan fingerprint density at radius 2 is 1.96 bits per heavy atom. The van der Waals surface area contributed by atoms with E-state index in [1.165, 1.54) is 13.3 Å². The van der Waals surface area contributed by atoms with Gasteiger partial charge in [-0.05, 0) is 25.3 Å². The Morgan fingerprint density at radius 1 is 1.25 bits per heavy atom.